The van der Waals surface area contributed by atoms with Crippen molar-refractivity contribution in [2.75, 3.05) is 6.61 Å². The van der Waals surface area contributed by atoms with Crippen molar-refractivity contribution in [3.8, 4) is 22.9 Å². The summed E-state index contributed by atoms with van der Waals surface area (Å²) in [4.78, 5) is 28.3. The molecule has 0 radical (unpaired) electrons. The van der Waals surface area contributed by atoms with Crippen LogP contribution in [0, 0.1) is 11.3 Å². The molecule has 3 rings (SSSR count). The van der Waals surface area contributed by atoms with E-state index in [0.29, 0.717) is 10.9 Å². The van der Waals surface area contributed by atoms with Crippen molar-refractivity contribution in [2.45, 2.75) is 19.8 Å². The van der Waals surface area contributed by atoms with Gasteiger partial charge in [0.15, 0.2) is 11.5 Å². The highest BCUT2D eigenvalue weighted by molar-refractivity contribution is 6.06. The molecule has 1 aromatic heterocycles. The lowest BCUT2D eigenvalue weighted by atomic mass is 9.95. The molecular formula is C22H18N2O4. The third-order valence-electron chi connectivity index (χ3n) is 4.31. The zero-order valence-corrected chi connectivity index (χ0v) is 15.3. The molecule has 0 aliphatic heterocycles. The Morgan fingerprint density at radius 2 is 1.86 bits per heavy atom. The lowest BCUT2D eigenvalue weighted by molar-refractivity contribution is -0.143. The van der Waals surface area contributed by atoms with E-state index in [2.05, 4.69) is 4.98 Å². The Morgan fingerprint density at radius 1 is 1.11 bits per heavy atom. The predicted octanol–water partition coefficient (Wildman–Crippen LogP) is 4.01. The van der Waals surface area contributed by atoms with Crippen molar-refractivity contribution in [2.24, 2.45) is 0 Å². The molecule has 0 atom stereocenters. The minimum absolute atomic E-state index is 0.0102. The molecule has 6 heteroatoms. The number of esters is 1. The van der Waals surface area contributed by atoms with E-state index in [1.165, 1.54) is 0 Å². The van der Waals surface area contributed by atoms with Gasteiger partial charge in [0.25, 0.3) is 0 Å². The SMILES string of the molecule is CCOC(=O)CCC(=O)c1nc2cccc(-c3ccccc3)c2c(C#N)c1O. The molecule has 140 valence electrons. The molecule has 0 amide bonds. The van der Waals surface area contributed by atoms with Gasteiger partial charge in [0.2, 0.25) is 0 Å². The molecule has 1 N–H and O–H groups in total. The van der Waals surface area contributed by atoms with E-state index in [1.54, 1.807) is 19.1 Å². The number of carbonyl (C=O) groups excluding carboxylic acids is 2. The number of benzene rings is 2. The molecule has 28 heavy (non-hydrogen) atoms. The van der Waals surface area contributed by atoms with Crippen LogP contribution >= 0.6 is 0 Å². The first kappa shape index (κ1) is 19.1. The zero-order valence-electron chi connectivity index (χ0n) is 15.3. The minimum atomic E-state index is -0.519. The van der Waals surface area contributed by atoms with Gasteiger partial charge in [-0.25, -0.2) is 4.98 Å². The average Bonchev–Trinajstić information content (AvgIpc) is 2.72. The predicted molar refractivity (Wildman–Crippen MR) is 104 cm³/mol. The van der Waals surface area contributed by atoms with Crippen molar-refractivity contribution >= 4 is 22.7 Å². The fourth-order valence-electron chi connectivity index (χ4n) is 3.03. The summed E-state index contributed by atoms with van der Waals surface area (Å²) in [6.45, 7) is 1.91. The van der Waals surface area contributed by atoms with E-state index in [4.69, 9.17) is 4.74 Å². The second-order valence-electron chi connectivity index (χ2n) is 6.09. The van der Waals surface area contributed by atoms with Crippen molar-refractivity contribution in [1.29, 1.82) is 5.26 Å². The van der Waals surface area contributed by atoms with E-state index >= 15 is 0 Å². The number of nitrogens with zero attached hydrogens (tertiary/aromatic N) is 2. The number of pyridine rings is 1. The topological polar surface area (TPSA) is 100 Å². The highest BCUT2D eigenvalue weighted by Gasteiger charge is 2.22. The maximum atomic E-state index is 12.5. The summed E-state index contributed by atoms with van der Waals surface area (Å²) in [6.07, 6.45) is -0.272. The summed E-state index contributed by atoms with van der Waals surface area (Å²) in [5.41, 5.74) is 1.81. The first-order chi connectivity index (χ1) is 13.6. The van der Waals surface area contributed by atoms with Gasteiger partial charge in [-0.1, -0.05) is 42.5 Å². The highest BCUT2D eigenvalue weighted by atomic mass is 16.5. The Bertz CT molecular complexity index is 1090. The van der Waals surface area contributed by atoms with E-state index in [9.17, 15) is 20.0 Å². The number of aromatic hydroxyl groups is 1. The number of fused-ring (bicyclic) bond motifs is 1. The van der Waals surface area contributed by atoms with Gasteiger partial charge in [0.05, 0.1) is 18.5 Å². The first-order valence-electron chi connectivity index (χ1n) is 8.86. The Balaban J connectivity index is 2.09. The summed E-state index contributed by atoms with van der Waals surface area (Å²) < 4.78 is 4.81. The normalized spacial score (nSPS) is 10.4. The van der Waals surface area contributed by atoms with Crippen molar-refractivity contribution in [3.05, 3.63) is 59.8 Å². The number of aromatic nitrogens is 1. The summed E-state index contributed by atoms with van der Waals surface area (Å²) in [5, 5.41) is 20.7. The number of Topliss-reactive ketones (excluding diaryl/α,β-unsaturated/α-hetero) is 1. The highest BCUT2D eigenvalue weighted by Crippen LogP contribution is 2.36. The molecule has 0 saturated heterocycles. The van der Waals surface area contributed by atoms with Crippen LogP contribution in [0.2, 0.25) is 0 Å². The first-order valence-corrected chi connectivity index (χ1v) is 8.86. The van der Waals surface area contributed by atoms with E-state index in [-0.39, 0.29) is 30.7 Å². The summed E-state index contributed by atoms with van der Waals surface area (Å²) in [5.74, 6) is -1.48. The smallest absolute Gasteiger partial charge is 0.306 e. The van der Waals surface area contributed by atoms with Crippen LogP contribution in [0.3, 0.4) is 0 Å². The Kier molecular flexibility index (Phi) is 5.66. The zero-order chi connectivity index (χ0) is 20.1. The summed E-state index contributed by atoms with van der Waals surface area (Å²) in [7, 11) is 0. The van der Waals surface area contributed by atoms with Crippen LogP contribution < -0.4 is 0 Å². The molecular weight excluding hydrogens is 356 g/mol. The average molecular weight is 374 g/mol. The number of nitriles is 1. The van der Waals surface area contributed by atoms with Crippen LogP contribution in [0.1, 0.15) is 35.8 Å². The molecule has 0 unspecified atom stereocenters. The third kappa shape index (κ3) is 3.69. The Labute approximate surface area is 162 Å². The molecule has 0 fully saturated rings. The second-order valence-corrected chi connectivity index (χ2v) is 6.09. The Morgan fingerprint density at radius 3 is 2.54 bits per heavy atom. The molecule has 0 bridgehead atoms. The van der Waals surface area contributed by atoms with E-state index in [1.807, 2.05) is 42.5 Å². The van der Waals surface area contributed by atoms with Crippen molar-refractivity contribution in [3.63, 3.8) is 0 Å². The van der Waals surface area contributed by atoms with Crippen LogP contribution in [0.15, 0.2) is 48.5 Å². The molecule has 0 spiro atoms. The van der Waals surface area contributed by atoms with Crippen LogP contribution in [0.4, 0.5) is 0 Å². The molecule has 1 heterocycles. The fourth-order valence-corrected chi connectivity index (χ4v) is 3.03. The van der Waals surface area contributed by atoms with Crippen LogP contribution in [-0.2, 0) is 9.53 Å². The van der Waals surface area contributed by atoms with Gasteiger partial charge in [0, 0.05) is 11.8 Å². The minimum Gasteiger partial charge on any atom is -0.504 e. The molecule has 6 nitrogen and oxygen atoms in total. The Hall–Kier alpha value is -3.72. The number of hydrogen-bond acceptors (Lipinski definition) is 6. The van der Waals surface area contributed by atoms with E-state index < -0.39 is 17.5 Å². The second kappa shape index (κ2) is 8.31. The maximum Gasteiger partial charge on any atom is 0.306 e. The standard InChI is InChI=1S/C22H18N2O4/c1-2-28-19(26)12-11-18(25)21-22(27)16(13-23)20-15(9-6-10-17(20)24-21)14-7-4-3-5-8-14/h3-10,27H,2,11-12H2,1H3. The molecule has 0 aliphatic carbocycles. The molecule has 2 aromatic carbocycles. The monoisotopic (exact) mass is 374 g/mol. The maximum absolute atomic E-state index is 12.5. The van der Waals surface area contributed by atoms with Gasteiger partial charge >= 0.3 is 5.97 Å². The van der Waals surface area contributed by atoms with Gasteiger partial charge in [-0.05, 0) is 24.1 Å². The molecule has 0 saturated carbocycles. The number of ketones is 1. The van der Waals surface area contributed by atoms with Crippen LogP contribution in [0.5, 0.6) is 5.75 Å². The lowest BCUT2D eigenvalue weighted by Crippen LogP contribution is -2.10. The van der Waals surface area contributed by atoms with Crippen LogP contribution in [-0.4, -0.2) is 28.4 Å². The van der Waals surface area contributed by atoms with E-state index in [0.717, 1.165) is 11.1 Å². The quantitative estimate of drug-likeness (QED) is 0.517. The van der Waals surface area contributed by atoms with Crippen molar-refractivity contribution < 1.29 is 19.4 Å². The third-order valence-corrected chi connectivity index (χ3v) is 4.31. The summed E-state index contributed by atoms with van der Waals surface area (Å²) in [6, 6.07) is 16.7. The van der Waals surface area contributed by atoms with Crippen LogP contribution in [0.25, 0.3) is 22.0 Å². The fraction of sp³-hybridized carbons (Fsp3) is 0.182. The van der Waals surface area contributed by atoms with Gasteiger partial charge in [-0.3, -0.25) is 9.59 Å². The largest absolute Gasteiger partial charge is 0.504 e. The number of hydrogen-bond donors (Lipinski definition) is 1. The summed E-state index contributed by atoms with van der Waals surface area (Å²) >= 11 is 0. The van der Waals surface area contributed by atoms with Gasteiger partial charge in [-0.15, -0.1) is 0 Å². The van der Waals surface area contributed by atoms with Gasteiger partial charge < -0.3 is 9.84 Å². The number of ether oxygens (including phenoxy) is 1. The number of rotatable bonds is 6. The number of carbonyl (C=O) groups is 2. The van der Waals surface area contributed by atoms with Gasteiger partial charge in [0.1, 0.15) is 17.3 Å². The lowest BCUT2D eigenvalue weighted by Gasteiger charge is -2.12. The van der Waals surface area contributed by atoms with Crippen molar-refractivity contribution in [1.82, 2.24) is 4.98 Å². The molecule has 0 aliphatic rings. The van der Waals surface area contributed by atoms with Gasteiger partial charge in [-0.2, -0.15) is 5.26 Å². The molecule has 3 aromatic rings.